The summed E-state index contributed by atoms with van der Waals surface area (Å²) in [5, 5.41) is 2.30. The maximum Gasteiger partial charge on any atom is 0.361 e. The Kier molecular flexibility index (Phi) is 1.72. The van der Waals surface area contributed by atoms with Crippen LogP contribution in [0.3, 0.4) is 0 Å². The SMILES string of the molecule is Cc1ccc2cc3ccccc3[o+]c2c1. The molecule has 0 unspecified atom stereocenters. The van der Waals surface area contributed by atoms with Gasteiger partial charge in [-0.25, -0.2) is 4.42 Å². The van der Waals surface area contributed by atoms with Crippen molar-refractivity contribution in [3.05, 3.63) is 54.1 Å². The molecule has 0 saturated carbocycles. The zero-order chi connectivity index (χ0) is 10.3. The van der Waals surface area contributed by atoms with E-state index in [1.807, 2.05) is 18.2 Å². The topological polar surface area (TPSA) is 11.3 Å². The fourth-order valence-corrected chi connectivity index (χ4v) is 1.83. The third-order valence-electron chi connectivity index (χ3n) is 2.62. The number of benzene rings is 2. The van der Waals surface area contributed by atoms with Crippen LogP contribution in [0, 0.1) is 6.92 Å². The molecule has 0 bridgehead atoms. The molecule has 0 atom stereocenters. The highest BCUT2D eigenvalue weighted by molar-refractivity contribution is 5.89. The first-order valence-electron chi connectivity index (χ1n) is 5.05. The summed E-state index contributed by atoms with van der Waals surface area (Å²) < 4.78 is 5.83. The summed E-state index contributed by atoms with van der Waals surface area (Å²) in [4.78, 5) is 0. The molecular weight excluding hydrogens is 184 g/mol. The van der Waals surface area contributed by atoms with Gasteiger partial charge in [0.25, 0.3) is 0 Å². The second-order valence-corrected chi connectivity index (χ2v) is 3.83. The van der Waals surface area contributed by atoms with E-state index in [0.717, 1.165) is 21.9 Å². The Morgan fingerprint density at radius 3 is 2.53 bits per heavy atom. The van der Waals surface area contributed by atoms with E-state index in [0.29, 0.717) is 0 Å². The molecule has 0 aliphatic rings. The first-order chi connectivity index (χ1) is 7.33. The summed E-state index contributed by atoms with van der Waals surface area (Å²) in [6.45, 7) is 2.07. The minimum Gasteiger partial charge on any atom is -0.207 e. The van der Waals surface area contributed by atoms with Gasteiger partial charge in [-0.2, -0.15) is 0 Å². The molecule has 72 valence electrons. The summed E-state index contributed by atoms with van der Waals surface area (Å²) in [6.07, 6.45) is 0. The van der Waals surface area contributed by atoms with Crippen LogP contribution in [0.1, 0.15) is 5.56 Å². The van der Waals surface area contributed by atoms with Crippen molar-refractivity contribution < 1.29 is 4.42 Å². The molecule has 0 saturated heterocycles. The van der Waals surface area contributed by atoms with Crippen LogP contribution in [0.4, 0.5) is 0 Å². The minimum absolute atomic E-state index is 0.940. The van der Waals surface area contributed by atoms with Gasteiger partial charge >= 0.3 is 11.2 Å². The average Bonchev–Trinajstić information content (AvgIpc) is 2.26. The third kappa shape index (κ3) is 1.37. The first-order valence-corrected chi connectivity index (χ1v) is 5.05. The van der Waals surface area contributed by atoms with E-state index >= 15 is 0 Å². The Hall–Kier alpha value is -1.89. The van der Waals surface area contributed by atoms with Crippen molar-refractivity contribution in [2.75, 3.05) is 0 Å². The Morgan fingerprint density at radius 2 is 1.60 bits per heavy atom. The number of rotatable bonds is 0. The lowest BCUT2D eigenvalue weighted by Crippen LogP contribution is -1.77. The Morgan fingerprint density at radius 1 is 0.800 bits per heavy atom. The highest BCUT2D eigenvalue weighted by Crippen LogP contribution is 2.23. The lowest BCUT2D eigenvalue weighted by molar-refractivity contribution is 0.660. The maximum absolute atomic E-state index is 5.83. The van der Waals surface area contributed by atoms with Gasteiger partial charge < -0.3 is 0 Å². The molecular formula is C14H11O+. The van der Waals surface area contributed by atoms with Crippen LogP contribution < -0.4 is 0 Å². The molecule has 3 aromatic rings. The van der Waals surface area contributed by atoms with Gasteiger partial charge in [-0.15, -0.1) is 0 Å². The van der Waals surface area contributed by atoms with E-state index < -0.39 is 0 Å². The number of hydrogen-bond donors (Lipinski definition) is 0. The van der Waals surface area contributed by atoms with Crippen molar-refractivity contribution in [3.63, 3.8) is 0 Å². The summed E-state index contributed by atoms with van der Waals surface area (Å²) in [5.74, 6) is 0. The molecule has 3 rings (SSSR count). The summed E-state index contributed by atoms with van der Waals surface area (Å²) in [7, 11) is 0. The van der Waals surface area contributed by atoms with Gasteiger partial charge in [0, 0.05) is 12.1 Å². The predicted molar refractivity (Wildman–Crippen MR) is 62.9 cm³/mol. The summed E-state index contributed by atoms with van der Waals surface area (Å²) in [6, 6.07) is 16.5. The largest absolute Gasteiger partial charge is 0.361 e. The van der Waals surface area contributed by atoms with Crippen LogP contribution >= 0.6 is 0 Å². The smallest absolute Gasteiger partial charge is 0.207 e. The number of para-hydroxylation sites is 1. The van der Waals surface area contributed by atoms with Gasteiger partial charge in [0.05, 0.1) is 10.8 Å². The van der Waals surface area contributed by atoms with E-state index in [2.05, 4.69) is 37.3 Å². The molecule has 0 aliphatic heterocycles. The first kappa shape index (κ1) is 8.42. The van der Waals surface area contributed by atoms with Gasteiger partial charge in [0.2, 0.25) is 0 Å². The van der Waals surface area contributed by atoms with E-state index in [1.54, 1.807) is 0 Å². The van der Waals surface area contributed by atoms with Crippen molar-refractivity contribution in [2.24, 2.45) is 0 Å². The van der Waals surface area contributed by atoms with Gasteiger partial charge in [-0.1, -0.05) is 18.2 Å². The molecule has 1 aromatic heterocycles. The zero-order valence-electron chi connectivity index (χ0n) is 8.53. The average molecular weight is 195 g/mol. The van der Waals surface area contributed by atoms with Crippen molar-refractivity contribution in [2.45, 2.75) is 6.92 Å². The van der Waals surface area contributed by atoms with Crippen molar-refractivity contribution in [1.29, 1.82) is 0 Å². The molecule has 15 heavy (non-hydrogen) atoms. The number of aryl methyl sites for hydroxylation is 1. The second-order valence-electron chi connectivity index (χ2n) is 3.83. The molecule has 0 spiro atoms. The highest BCUT2D eigenvalue weighted by Gasteiger charge is 2.10. The van der Waals surface area contributed by atoms with Gasteiger partial charge in [-0.05, 0) is 30.7 Å². The second kappa shape index (κ2) is 3.06. The van der Waals surface area contributed by atoms with Crippen LogP contribution in [-0.4, -0.2) is 0 Å². The molecule has 1 nitrogen and oxygen atoms in total. The van der Waals surface area contributed by atoms with E-state index in [4.69, 9.17) is 4.42 Å². The van der Waals surface area contributed by atoms with E-state index in [1.165, 1.54) is 5.56 Å². The van der Waals surface area contributed by atoms with Gasteiger partial charge in [-0.3, -0.25) is 0 Å². The quantitative estimate of drug-likeness (QED) is 0.387. The highest BCUT2D eigenvalue weighted by atomic mass is 16.3. The lowest BCUT2D eigenvalue weighted by atomic mass is 10.1. The molecule has 0 fully saturated rings. The summed E-state index contributed by atoms with van der Waals surface area (Å²) >= 11 is 0. The standard InChI is InChI=1S/C14H11O/c1-10-6-7-12-9-11-4-2-3-5-13(11)15-14(12)8-10/h2-9H,1H3/q+1. The van der Waals surface area contributed by atoms with Crippen molar-refractivity contribution >= 4 is 21.9 Å². The van der Waals surface area contributed by atoms with Crippen LogP contribution in [0.5, 0.6) is 0 Å². The molecule has 2 aromatic carbocycles. The van der Waals surface area contributed by atoms with E-state index in [-0.39, 0.29) is 0 Å². The normalized spacial score (nSPS) is 11.0. The van der Waals surface area contributed by atoms with Crippen LogP contribution in [0.25, 0.3) is 21.9 Å². The Labute approximate surface area is 88.0 Å². The van der Waals surface area contributed by atoms with Crippen LogP contribution in [0.15, 0.2) is 52.9 Å². The minimum atomic E-state index is 0.940. The molecule has 0 aliphatic carbocycles. The number of fused-ring (bicyclic) bond motifs is 2. The van der Waals surface area contributed by atoms with Crippen molar-refractivity contribution in [1.82, 2.24) is 0 Å². The fraction of sp³-hybridized carbons (Fsp3) is 0.0714. The van der Waals surface area contributed by atoms with E-state index in [9.17, 15) is 0 Å². The van der Waals surface area contributed by atoms with Crippen LogP contribution in [0.2, 0.25) is 0 Å². The fourth-order valence-electron chi connectivity index (χ4n) is 1.83. The molecule has 0 N–H and O–H groups in total. The molecule has 0 amide bonds. The van der Waals surface area contributed by atoms with Gasteiger partial charge in [0.1, 0.15) is 0 Å². The predicted octanol–water partition coefficient (Wildman–Crippen LogP) is 4.18. The lowest BCUT2D eigenvalue weighted by Gasteiger charge is -1.92. The number of hydrogen-bond acceptors (Lipinski definition) is 0. The Balaban J connectivity index is 2.47. The van der Waals surface area contributed by atoms with Crippen LogP contribution in [-0.2, 0) is 0 Å². The monoisotopic (exact) mass is 195 g/mol. The molecule has 0 radical (unpaired) electrons. The Bertz CT molecular complexity index is 641. The molecule has 1 heterocycles. The third-order valence-corrected chi connectivity index (χ3v) is 2.62. The molecule has 1 heteroatoms. The summed E-state index contributed by atoms with van der Waals surface area (Å²) in [5.41, 5.74) is 3.12. The maximum atomic E-state index is 5.83. The zero-order valence-corrected chi connectivity index (χ0v) is 8.53. The van der Waals surface area contributed by atoms with Gasteiger partial charge in [0.15, 0.2) is 0 Å². The van der Waals surface area contributed by atoms with Crippen molar-refractivity contribution in [3.8, 4) is 0 Å².